The van der Waals surface area contributed by atoms with Gasteiger partial charge in [-0.05, 0) is 19.4 Å². The summed E-state index contributed by atoms with van der Waals surface area (Å²) in [5, 5.41) is 9.11. The highest BCUT2D eigenvalue weighted by Gasteiger charge is 2.32. The first-order valence-electron chi connectivity index (χ1n) is 6.31. The van der Waals surface area contributed by atoms with E-state index in [1.165, 1.54) is 15.6 Å². The fourth-order valence-electron chi connectivity index (χ4n) is 2.15. The molecule has 1 unspecified atom stereocenters. The summed E-state index contributed by atoms with van der Waals surface area (Å²) >= 11 is 1.32. The van der Waals surface area contributed by atoms with E-state index in [4.69, 9.17) is 9.84 Å². The van der Waals surface area contributed by atoms with Crippen molar-refractivity contribution in [3.63, 3.8) is 0 Å². The van der Waals surface area contributed by atoms with Crippen LogP contribution < -0.4 is 0 Å². The van der Waals surface area contributed by atoms with Crippen LogP contribution in [0.3, 0.4) is 0 Å². The smallest absolute Gasteiger partial charge is 0.244 e. The third kappa shape index (κ3) is 3.00. The maximum absolute atomic E-state index is 12.6. The lowest BCUT2D eigenvalue weighted by molar-refractivity contribution is -0.00278. The van der Waals surface area contributed by atoms with Crippen LogP contribution in [0.2, 0.25) is 0 Å². The van der Waals surface area contributed by atoms with Crippen LogP contribution in [0.15, 0.2) is 11.0 Å². The predicted molar refractivity (Wildman–Crippen MR) is 73.8 cm³/mol. The third-order valence-corrected chi connectivity index (χ3v) is 6.41. The number of ether oxygens (including phenoxy) is 1. The number of hydrogen-bond acceptors (Lipinski definition) is 5. The Morgan fingerprint density at radius 2 is 2.32 bits per heavy atom. The summed E-state index contributed by atoms with van der Waals surface area (Å²) in [7, 11) is -3.47. The topological polar surface area (TPSA) is 66.8 Å². The van der Waals surface area contributed by atoms with E-state index in [9.17, 15) is 8.42 Å². The van der Waals surface area contributed by atoms with Crippen LogP contribution in [0.5, 0.6) is 0 Å². The Bertz CT molecular complexity index is 538. The van der Waals surface area contributed by atoms with Gasteiger partial charge in [0.15, 0.2) is 0 Å². The molecule has 1 aliphatic rings. The lowest BCUT2D eigenvalue weighted by Crippen LogP contribution is -2.45. The minimum Gasteiger partial charge on any atom is -0.391 e. The first kappa shape index (κ1) is 14.9. The van der Waals surface area contributed by atoms with Crippen molar-refractivity contribution in [2.45, 2.75) is 37.9 Å². The molecule has 7 heteroatoms. The van der Waals surface area contributed by atoms with Crippen molar-refractivity contribution in [1.82, 2.24) is 4.31 Å². The predicted octanol–water partition coefficient (Wildman–Crippen LogP) is 1.35. The van der Waals surface area contributed by atoms with Gasteiger partial charge in [0.1, 0.15) is 0 Å². The summed E-state index contributed by atoms with van der Waals surface area (Å²) in [6, 6.07) is 1.58. The number of rotatable bonds is 4. The van der Waals surface area contributed by atoms with E-state index >= 15 is 0 Å². The number of sulfonamides is 1. The number of aliphatic hydroxyl groups is 1. The quantitative estimate of drug-likeness (QED) is 0.912. The first-order valence-corrected chi connectivity index (χ1v) is 8.56. The lowest BCUT2D eigenvalue weighted by Gasteiger charge is -2.31. The minimum atomic E-state index is -3.47. The summed E-state index contributed by atoms with van der Waals surface area (Å²) in [6.45, 7) is 4.87. The number of morpholine rings is 1. The molecule has 1 atom stereocenters. The van der Waals surface area contributed by atoms with Gasteiger partial charge >= 0.3 is 0 Å². The molecule has 0 saturated carbocycles. The van der Waals surface area contributed by atoms with Gasteiger partial charge in [0, 0.05) is 22.8 Å². The Morgan fingerprint density at radius 1 is 1.58 bits per heavy atom. The second kappa shape index (κ2) is 5.88. The molecule has 0 bridgehead atoms. The Kier molecular flexibility index (Phi) is 4.62. The molecule has 2 heterocycles. The molecule has 0 radical (unpaired) electrons. The first-order chi connectivity index (χ1) is 8.98. The number of nitrogens with zero attached hydrogens (tertiary/aromatic N) is 1. The van der Waals surface area contributed by atoms with Crippen molar-refractivity contribution >= 4 is 21.4 Å². The second-order valence-corrected chi connectivity index (χ2v) is 7.80. The molecule has 1 aromatic rings. The standard InChI is InChI=1S/C12H19NO4S2/c1-3-10-7-13(4-5-17-10)19(15,16)12-6-11(8-14)18-9(12)2/h6,10,14H,3-5,7-8H2,1-2H3. The molecule has 0 aromatic carbocycles. The van der Waals surface area contributed by atoms with E-state index < -0.39 is 10.0 Å². The highest BCUT2D eigenvalue weighted by atomic mass is 32.2. The number of hydrogen-bond donors (Lipinski definition) is 1. The van der Waals surface area contributed by atoms with Crippen molar-refractivity contribution in [3.8, 4) is 0 Å². The molecule has 108 valence electrons. The van der Waals surface area contributed by atoms with Gasteiger partial charge in [0.05, 0.1) is 24.2 Å². The largest absolute Gasteiger partial charge is 0.391 e. The van der Waals surface area contributed by atoms with E-state index in [2.05, 4.69) is 0 Å². The average Bonchev–Trinajstić information content (AvgIpc) is 2.81. The normalized spacial score (nSPS) is 21.7. The highest BCUT2D eigenvalue weighted by Crippen LogP contribution is 2.29. The van der Waals surface area contributed by atoms with Crippen LogP contribution in [0, 0.1) is 6.92 Å². The van der Waals surface area contributed by atoms with Crippen LogP contribution in [0.4, 0.5) is 0 Å². The zero-order valence-electron chi connectivity index (χ0n) is 11.1. The van der Waals surface area contributed by atoms with Gasteiger partial charge < -0.3 is 9.84 Å². The van der Waals surface area contributed by atoms with Crippen LogP contribution in [-0.4, -0.2) is 43.6 Å². The fourth-order valence-corrected chi connectivity index (χ4v) is 5.07. The van der Waals surface area contributed by atoms with Crippen LogP contribution in [0.25, 0.3) is 0 Å². The maximum Gasteiger partial charge on any atom is 0.244 e. The average molecular weight is 305 g/mol. The van der Waals surface area contributed by atoms with Gasteiger partial charge in [0.25, 0.3) is 0 Å². The highest BCUT2D eigenvalue weighted by molar-refractivity contribution is 7.89. The van der Waals surface area contributed by atoms with Gasteiger partial charge in [-0.25, -0.2) is 8.42 Å². The van der Waals surface area contributed by atoms with Gasteiger partial charge in [0.2, 0.25) is 10.0 Å². The minimum absolute atomic E-state index is 0.0280. The Hall–Kier alpha value is -0.470. The monoisotopic (exact) mass is 305 g/mol. The molecule has 1 saturated heterocycles. The molecule has 1 N–H and O–H groups in total. The molecular weight excluding hydrogens is 286 g/mol. The number of aliphatic hydroxyl groups excluding tert-OH is 1. The zero-order chi connectivity index (χ0) is 14.0. The molecule has 1 fully saturated rings. The van der Waals surface area contributed by atoms with Crippen molar-refractivity contribution in [1.29, 1.82) is 0 Å². The van der Waals surface area contributed by atoms with Crippen molar-refractivity contribution in [2.24, 2.45) is 0 Å². The Morgan fingerprint density at radius 3 is 2.89 bits per heavy atom. The Labute approximate surface area is 117 Å². The lowest BCUT2D eigenvalue weighted by atomic mass is 10.2. The summed E-state index contributed by atoms with van der Waals surface area (Å²) < 4.78 is 32.2. The number of aryl methyl sites for hydroxylation is 1. The summed E-state index contributed by atoms with van der Waals surface area (Å²) in [4.78, 5) is 1.72. The van der Waals surface area contributed by atoms with Crippen LogP contribution >= 0.6 is 11.3 Å². The van der Waals surface area contributed by atoms with Gasteiger partial charge in [-0.15, -0.1) is 11.3 Å². The third-order valence-electron chi connectivity index (χ3n) is 3.25. The Balaban J connectivity index is 2.28. The molecule has 0 aliphatic carbocycles. The number of thiophene rings is 1. The molecule has 2 rings (SSSR count). The molecule has 0 spiro atoms. The van der Waals surface area contributed by atoms with Crippen LogP contribution in [0.1, 0.15) is 23.1 Å². The molecule has 5 nitrogen and oxygen atoms in total. The van der Waals surface area contributed by atoms with Crippen LogP contribution in [-0.2, 0) is 21.4 Å². The SMILES string of the molecule is CCC1CN(S(=O)(=O)c2cc(CO)sc2C)CCO1. The van der Waals surface area contributed by atoms with Gasteiger partial charge in [-0.3, -0.25) is 0 Å². The molecule has 1 aromatic heterocycles. The van der Waals surface area contributed by atoms with E-state index in [1.54, 1.807) is 13.0 Å². The van der Waals surface area contributed by atoms with Crippen molar-refractivity contribution in [2.75, 3.05) is 19.7 Å². The molecule has 1 aliphatic heterocycles. The molecule has 19 heavy (non-hydrogen) atoms. The maximum atomic E-state index is 12.6. The van der Waals surface area contributed by atoms with E-state index in [-0.39, 0.29) is 12.7 Å². The second-order valence-electron chi connectivity index (χ2n) is 4.56. The van der Waals surface area contributed by atoms with E-state index in [0.717, 1.165) is 11.3 Å². The molecular formula is C12H19NO4S2. The van der Waals surface area contributed by atoms with Gasteiger partial charge in [-0.1, -0.05) is 6.92 Å². The zero-order valence-corrected chi connectivity index (χ0v) is 12.8. The van der Waals surface area contributed by atoms with E-state index in [1.807, 2.05) is 6.92 Å². The fraction of sp³-hybridized carbons (Fsp3) is 0.667. The van der Waals surface area contributed by atoms with Crippen molar-refractivity contribution in [3.05, 3.63) is 15.8 Å². The summed E-state index contributed by atoms with van der Waals surface area (Å²) in [6.07, 6.45) is 0.774. The van der Waals surface area contributed by atoms with E-state index in [0.29, 0.717) is 29.5 Å². The summed E-state index contributed by atoms with van der Waals surface area (Å²) in [5.41, 5.74) is 0. The van der Waals surface area contributed by atoms with Gasteiger partial charge in [-0.2, -0.15) is 4.31 Å². The summed E-state index contributed by atoms with van der Waals surface area (Å²) in [5.74, 6) is 0. The molecule has 0 amide bonds. The van der Waals surface area contributed by atoms with Crippen molar-refractivity contribution < 1.29 is 18.3 Å².